The van der Waals surface area contributed by atoms with Gasteiger partial charge in [0.2, 0.25) is 0 Å². The molecule has 0 aliphatic heterocycles. The smallest absolute Gasteiger partial charge is 0.267 e. The van der Waals surface area contributed by atoms with Crippen molar-refractivity contribution in [2.45, 2.75) is 13.8 Å². The van der Waals surface area contributed by atoms with Gasteiger partial charge in [0.05, 0.1) is 19.9 Å². The van der Waals surface area contributed by atoms with Crippen molar-refractivity contribution < 1.29 is 14.3 Å². The largest absolute Gasteiger partial charge is 0.496 e. The molecule has 1 aromatic carbocycles. The second-order valence-corrected chi connectivity index (χ2v) is 5.72. The number of hydrogen-bond acceptors (Lipinski definition) is 5. The lowest BCUT2D eigenvalue weighted by molar-refractivity contribution is 0.0987. The minimum atomic E-state index is -0.210. The van der Waals surface area contributed by atoms with Crippen molar-refractivity contribution in [2.75, 3.05) is 26.2 Å². The van der Waals surface area contributed by atoms with Crippen LogP contribution in [0.25, 0.3) is 0 Å². The van der Waals surface area contributed by atoms with Gasteiger partial charge in [0, 0.05) is 11.9 Å². The van der Waals surface area contributed by atoms with Crippen LogP contribution in [0.15, 0.2) is 18.2 Å². The molecule has 0 unspecified atom stereocenters. The van der Waals surface area contributed by atoms with E-state index in [9.17, 15) is 4.79 Å². The molecule has 0 aliphatic carbocycles. The van der Waals surface area contributed by atoms with Crippen LogP contribution in [0.3, 0.4) is 0 Å². The third-order valence-corrected chi connectivity index (χ3v) is 4.40. The molecule has 0 radical (unpaired) electrons. The Morgan fingerprint density at radius 2 is 1.76 bits per heavy atom. The van der Waals surface area contributed by atoms with E-state index in [1.165, 1.54) is 30.5 Å². The fourth-order valence-electron chi connectivity index (χ4n) is 1.92. The molecule has 21 heavy (non-hydrogen) atoms. The molecule has 0 fully saturated rings. The van der Waals surface area contributed by atoms with E-state index in [1.54, 1.807) is 25.2 Å². The van der Waals surface area contributed by atoms with Crippen molar-refractivity contribution in [3.05, 3.63) is 34.3 Å². The van der Waals surface area contributed by atoms with Crippen molar-refractivity contribution in [1.29, 1.82) is 0 Å². The molecule has 0 N–H and O–H groups in total. The molecule has 5 nitrogen and oxygen atoms in total. The lowest BCUT2D eigenvalue weighted by Gasteiger charge is -2.18. The highest BCUT2D eigenvalue weighted by Crippen LogP contribution is 2.32. The molecule has 2 rings (SSSR count). The Morgan fingerprint density at radius 3 is 2.19 bits per heavy atom. The Labute approximate surface area is 128 Å². The highest BCUT2D eigenvalue weighted by molar-refractivity contribution is 7.15. The van der Waals surface area contributed by atoms with E-state index in [-0.39, 0.29) is 5.91 Å². The molecule has 0 saturated heterocycles. The zero-order valence-electron chi connectivity index (χ0n) is 12.8. The summed E-state index contributed by atoms with van der Waals surface area (Å²) in [6, 6.07) is 5.26. The van der Waals surface area contributed by atoms with E-state index in [4.69, 9.17) is 9.47 Å². The number of methoxy groups -OCH3 is 2. The van der Waals surface area contributed by atoms with E-state index in [2.05, 4.69) is 4.98 Å². The summed E-state index contributed by atoms with van der Waals surface area (Å²) < 4.78 is 10.6. The minimum Gasteiger partial charge on any atom is -0.496 e. The first kappa shape index (κ1) is 15.3. The lowest BCUT2D eigenvalue weighted by atomic mass is 10.1. The van der Waals surface area contributed by atoms with E-state index in [0.717, 1.165) is 10.6 Å². The quantitative estimate of drug-likeness (QED) is 0.871. The average molecular weight is 306 g/mol. The number of rotatable bonds is 4. The van der Waals surface area contributed by atoms with Crippen molar-refractivity contribution in [3.8, 4) is 11.5 Å². The van der Waals surface area contributed by atoms with Crippen molar-refractivity contribution in [3.63, 3.8) is 0 Å². The number of anilines is 1. The summed E-state index contributed by atoms with van der Waals surface area (Å²) in [4.78, 5) is 19.8. The SMILES string of the molecule is COc1cccc(OC)c1C(=O)N(C)c1nc(C)c(C)s1. The number of amides is 1. The van der Waals surface area contributed by atoms with Gasteiger partial charge in [-0.2, -0.15) is 0 Å². The zero-order valence-corrected chi connectivity index (χ0v) is 13.6. The molecule has 0 saturated carbocycles. The first-order valence-corrected chi connectivity index (χ1v) is 7.24. The summed E-state index contributed by atoms with van der Waals surface area (Å²) in [5.74, 6) is 0.755. The summed E-state index contributed by atoms with van der Waals surface area (Å²) in [5.41, 5.74) is 1.33. The van der Waals surface area contributed by atoms with Crippen LogP contribution >= 0.6 is 11.3 Å². The van der Waals surface area contributed by atoms with Gasteiger partial charge in [-0.1, -0.05) is 6.07 Å². The molecular weight excluding hydrogens is 288 g/mol. The van der Waals surface area contributed by atoms with Gasteiger partial charge in [-0.05, 0) is 26.0 Å². The van der Waals surface area contributed by atoms with E-state index in [0.29, 0.717) is 22.2 Å². The first-order chi connectivity index (χ1) is 9.99. The number of hydrogen-bond donors (Lipinski definition) is 0. The van der Waals surface area contributed by atoms with Gasteiger partial charge in [0.25, 0.3) is 5.91 Å². The Balaban J connectivity index is 2.44. The third-order valence-electron chi connectivity index (χ3n) is 3.25. The van der Waals surface area contributed by atoms with Gasteiger partial charge in [-0.3, -0.25) is 9.69 Å². The highest BCUT2D eigenvalue weighted by atomic mass is 32.1. The van der Waals surface area contributed by atoms with Crippen LogP contribution in [-0.4, -0.2) is 32.2 Å². The standard InChI is InChI=1S/C15H18N2O3S/c1-9-10(2)21-15(16-9)17(3)14(18)13-11(19-4)7-6-8-12(13)20-5/h6-8H,1-5H3. The van der Waals surface area contributed by atoms with Crippen LogP contribution < -0.4 is 14.4 Å². The van der Waals surface area contributed by atoms with Gasteiger partial charge >= 0.3 is 0 Å². The number of carbonyl (C=O) groups excluding carboxylic acids is 1. The Morgan fingerprint density at radius 1 is 1.19 bits per heavy atom. The number of nitrogens with zero attached hydrogens (tertiary/aromatic N) is 2. The molecule has 6 heteroatoms. The normalized spacial score (nSPS) is 10.3. The van der Waals surface area contributed by atoms with Crippen LogP contribution in [0, 0.1) is 13.8 Å². The molecule has 0 spiro atoms. The number of aromatic nitrogens is 1. The van der Waals surface area contributed by atoms with E-state index < -0.39 is 0 Å². The van der Waals surface area contributed by atoms with Gasteiger partial charge in [0.1, 0.15) is 17.1 Å². The summed E-state index contributed by atoms with van der Waals surface area (Å²) in [6.45, 7) is 3.91. The minimum absolute atomic E-state index is 0.210. The number of thiazole rings is 1. The molecule has 0 aliphatic rings. The fraction of sp³-hybridized carbons (Fsp3) is 0.333. The van der Waals surface area contributed by atoms with Crippen LogP contribution in [-0.2, 0) is 0 Å². The second-order valence-electron chi connectivity index (χ2n) is 4.54. The Hall–Kier alpha value is -2.08. The summed E-state index contributed by atoms with van der Waals surface area (Å²) in [6.07, 6.45) is 0. The number of benzene rings is 1. The van der Waals surface area contributed by atoms with E-state index >= 15 is 0 Å². The molecule has 1 aromatic heterocycles. The molecule has 1 amide bonds. The molecule has 1 heterocycles. The van der Waals surface area contributed by atoms with Crippen LogP contribution in [0.5, 0.6) is 11.5 Å². The summed E-state index contributed by atoms with van der Waals surface area (Å²) >= 11 is 1.48. The Bertz CT molecular complexity index is 625. The van der Waals surface area contributed by atoms with Crippen molar-refractivity contribution in [1.82, 2.24) is 4.98 Å². The van der Waals surface area contributed by atoms with Crippen LogP contribution in [0.1, 0.15) is 20.9 Å². The first-order valence-electron chi connectivity index (χ1n) is 6.42. The summed E-state index contributed by atoms with van der Waals surface area (Å²) in [7, 11) is 4.76. The third kappa shape index (κ3) is 2.85. The van der Waals surface area contributed by atoms with Gasteiger partial charge in [0.15, 0.2) is 5.13 Å². The molecule has 0 bridgehead atoms. The molecule has 112 valence electrons. The van der Waals surface area contributed by atoms with Crippen molar-refractivity contribution >= 4 is 22.4 Å². The maximum absolute atomic E-state index is 12.8. The predicted octanol–water partition coefficient (Wildman–Crippen LogP) is 3.05. The lowest BCUT2D eigenvalue weighted by Crippen LogP contribution is -2.27. The summed E-state index contributed by atoms with van der Waals surface area (Å²) in [5, 5.41) is 0.656. The number of carbonyl (C=O) groups is 1. The topological polar surface area (TPSA) is 51.7 Å². The fourth-order valence-corrected chi connectivity index (χ4v) is 2.79. The van der Waals surface area contributed by atoms with E-state index in [1.807, 2.05) is 13.8 Å². The van der Waals surface area contributed by atoms with Crippen LogP contribution in [0.4, 0.5) is 5.13 Å². The monoisotopic (exact) mass is 306 g/mol. The number of ether oxygens (including phenoxy) is 2. The van der Waals surface area contributed by atoms with Crippen molar-refractivity contribution in [2.24, 2.45) is 0 Å². The Kier molecular flexibility index (Phi) is 4.47. The van der Waals surface area contributed by atoms with Gasteiger partial charge in [-0.25, -0.2) is 4.98 Å². The molecule has 2 aromatic rings. The number of aryl methyl sites for hydroxylation is 2. The maximum Gasteiger partial charge on any atom is 0.267 e. The van der Waals surface area contributed by atoms with Gasteiger partial charge in [-0.15, -0.1) is 11.3 Å². The second kappa shape index (κ2) is 6.13. The predicted molar refractivity (Wildman–Crippen MR) is 83.9 cm³/mol. The van der Waals surface area contributed by atoms with Gasteiger partial charge < -0.3 is 9.47 Å². The molecule has 0 atom stereocenters. The maximum atomic E-state index is 12.8. The average Bonchev–Trinajstić information content (AvgIpc) is 2.84. The van der Waals surface area contributed by atoms with Crippen LogP contribution in [0.2, 0.25) is 0 Å². The zero-order chi connectivity index (χ0) is 15.6. The molecular formula is C15H18N2O3S. The highest BCUT2D eigenvalue weighted by Gasteiger charge is 2.24.